The van der Waals surface area contributed by atoms with Crippen LogP contribution in [-0.4, -0.2) is 18.6 Å². The number of thiazole rings is 1. The summed E-state index contributed by atoms with van der Waals surface area (Å²) in [5, 5.41) is 4.72. The molecule has 2 aliphatic carbocycles. The van der Waals surface area contributed by atoms with Gasteiger partial charge in [0.05, 0.1) is 10.7 Å². The third-order valence-corrected chi connectivity index (χ3v) is 6.23. The van der Waals surface area contributed by atoms with Crippen LogP contribution in [0.3, 0.4) is 0 Å². The molecule has 1 N–H and O–H groups in total. The van der Waals surface area contributed by atoms with Crippen LogP contribution in [0.25, 0.3) is 0 Å². The van der Waals surface area contributed by atoms with Crippen molar-refractivity contribution < 1.29 is 0 Å². The highest BCUT2D eigenvalue weighted by Crippen LogP contribution is 2.40. The lowest BCUT2D eigenvalue weighted by Gasteiger charge is -2.20. The van der Waals surface area contributed by atoms with E-state index in [1.54, 1.807) is 4.88 Å². The zero-order chi connectivity index (χ0) is 14.2. The topological polar surface area (TPSA) is 24.9 Å². The fourth-order valence-corrected chi connectivity index (χ4v) is 5.17. The molecule has 1 heterocycles. The molecule has 0 aliphatic heterocycles. The molecule has 2 nitrogen and oxygen atoms in total. The van der Waals surface area contributed by atoms with Gasteiger partial charge in [-0.15, -0.1) is 11.3 Å². The molecule has 0 radical (unpaired) electrons. The van der Waals surface area contributed by atoms with Crippen molar-refractivity contribution in [3.8, 4) is 0 Å². The van der Waals surface area contributed by atoms with E-state index in [0.717, 1.165) is 6.54 Å². The molecule has 0 bridgehead atoms. The Bertz CT molecular complexity index is 621. The Labute approximate surface area is 130 Å². The number of nitrogens with zero attached hydrogens (tertiary/aromatic N) is 1. The Hall–Kier alpha value is -1.19. The predicted molar refractivity (Wildman–Crippen MR) is 88.3 cm³/mol. The number of likely N-dealkylation sites (N-methyl/N-ethyl adjacent to an activating group) is 1. The van der Waals surface area contributed by atoms with Crippen molar-refractivity contribution >= 4 is 11.3 Å². The summed E-state index contributed by atoms with van der Waals surface area (Å²) in [4.78, 5) is 6.66. The Morgan fingerprint density at radius 2 is 2.00 bits per heavy atom. The number of hydrogen-bond donors (Lipinski definition) is 1. The number of benzene rings is 1. The van der Waals surface area contributed by atoms with E-state index in [-0.39, 0.29) is 0 Å². The molecular formula is C18H22N2S. The second kappa shape index (κ2) is 5.54. The molecule has 3 heteroatoms. The zero-order valence-corrected chi connectivity index (χ0v) is 13.4. The van der Waals surface area contributed by atoms with Crippen molar-refractivity contribution in [3.63, 3.8) is 0 Å². The highest BCUT2D eigenvalue weighted by atomic mass is 32.1. The minimum absolute atomic E-state index is 0.619. The molecule has 0 fully saturated rings. The summed E-state index contributed by atoms with van der Waals surface area (Å²) in [5.74, 6) is 1.25. The Morgan fingerprint density at radius 3 is 2.71 bits per heavy atom. The fraction of sp³-hybridized carbons (Fsp3) is 0.500. The number of aryl methyl sites for hydroxylation is 1. The maximum absolute atomic E-state index is 5.09. The molecule has 1 atom stereocenters. The first-order valence-corrected chi connectivity index (χ1v) is 8.87. The highest BCUT2D eigenvalue weighted by Gasteiger charge is 2.29. The number of hydrogen-bond acceptors (Lipinski definition) is 3. The van der Waals surface area contributed by atoms with Crippen LogP contribution < -0.4 is 5.32 Å². The molecule has 0 saturated carbocycles. The average Bonchev–Trinajstić information content (AvgIpc) is 3.11. The van der Waals surface area contributed by atoms with Gasteiger partial charge in [-0.05, 0) is 50.3 Å². The van der Waals surface area contributed by atoms with Gasteiger partial charge in [-0.25, -0.2) is 4.98 Å². The molecule has 2 aromatic rings. The molecule has 0 saturated heterocycles. The molecule has 110 valence electrons. The summed E-state index contributed by atoms with van der Waals surface area (Å²) in [6, 6.07) is 8.90. The lowest BCUT2D eigenvalue weighted by Crippen LogP contribution is -2.21. The van der Waals surface area contributed by atoms with Crippen LogP contribution in [0.5, 0.6) is 0 Å². The number of nitrogens with one attached hydrogen (secondary N) is 1. The van der Waals surface area contributed by atoms with Crippen LogP contribution >= 0.6 is 11.3 Å². The highest BCUT2D eigenvalue weighted by molar-refractivity contribution is 7.11. The summed E-state index contributed by atoms with van der Waals surface area (Å²) in [6.07, 6.45) is 6.22. The van der Waals surface area contributed by atoms with Crippen molar-refractivity contribution in [3.05, 3.63) is 51.0 Å². The third kappa shape index (κ3) is 2.43. The van der Waals surface area contributed by atoms with Crippen LogP contribution in [-0.2, 0) is 19.3 Å². The maximum atomic E-state index is 5.09. The lowest BCUT2D eigenvalue weighted by molar-refractivity contribution is 0.520. The van der Waals surface area contributed by atoms with Gasteiger partial charge >= 0.3 is 0 Å². The van der Waals surface area contributed by atoms with E-state index in [1.165, 1.54) is 53.9 Å². The van der Waals surface area contributed by atoms with Gasteiger partial charge in [0, 0.05) is 23.3 Å². The number of fused-ring (bicyclic) bond motifs is 2. The van der Waals surface area contributed by atoms with E-state index in [0.29, 0.717) is 11.8 Å². The molecule has 4 rings (SSSR count). The zero-order valence-electron chi connectivity index (χ0n) is 12.6. The van der Waals surface area contributed by atoms with Gasteiger partial charge in [0.25, 0.3) is 0 Å². The Balaban J connectivity index is 1.61. The van der Waals surface area contributed by atoms with Crippen molar-refractivity contribution in [1.29, 1.82) is 0 Å². The molecule has 21 heavy (non-hydrogen) atoms. The Morgan fingerprint density at radius 1 is 1.24 bits per heavy atom. The van der Waals surface area contributed by atoms with Crippen LogP contribution in [0.1, 0.15) is 51.4 Å². The summed E-state index contributed by atoms with van der Waals surface area (Å²) < 4.78 is 0. The first-order valence-electron chi connectivity index (χ1n) is 8.06. The summed E-state index contributed by atoms with van der Waals surface area (Å²) in [7, 11) is 2.05. The standard InChI is InChI=1S/C18H22N2S/c1-19-11-14-7-4-8-16-17(14)20-18(21-16)15-9-12-5-2-3-6-13(12)10-15/h2-3,5-6,14-15,19H,4,7-11H2,1H3. The molecule has 2 aliphatic rings. The SMILES string of the molecule is CNCC1CCCc2sc(C3Cc4ccccc4C3)nc21. The molecule has 1 aromatic carbocycles. The Kier molecular flexibility index (Phi) is 3.56. The van der Waals surface area contributed by atoms with Gasteiger partial charge in [-0.1, -0.05) is 24.3 Å². The second-order valence-corrected chi connectivity index (χ2v) is 7.50. The lowest BCUT2D eigenvalue weighted by atomic mass is 9.91. The number of aromatic nitrogens is 1. The largest absolute Gasteiger partial charge is 0.319 e. The van der Waals surface area contributed by atoms with Crippen LogP contribution in [0.2, 0.25) is 0 Å². The summed E-state index contributed by atoms with van der Waals surface area (Å²) in [6.45, 7) is 1.07. The van der Waals surface area contributed by atoms with E-state index < -0.39 is 0 Å². The normalized spacial score (nSPS) is 21.3. The maximum Gasteiger partial charge on any atom is 0.0968 e. The van der Waals surface area contributed by atoms with Crippen LogP contribution in [0.15, 0.2) is 24.3 Å². The molecular weight excluding hydrogens is 276 g/mol. The molecule has 0 spiro atoms. The minimum Gasteiger partial charge on any atom is -0.319 e. The van der Waals surface area contributed by atoms with E-state index in [9.17, 15) is 0 Å². The van der Waals surface area contributed by atoms with Gasteiger partial charge < -0.3 is 5.32 Å². The van der Waals surface area contributed by atoms with Crippen LogP contribution in [0, 0.1) is 0 Å². The fourth-order valence-electron chi connectivity index (χ4n) is 3.88. The first-order chi connectivity index (χ1) is 10.3. The van der Waals surface area contributed by atoms with Crippen LogP contribution in [0.4, 0.5) is 0 Å². The summed E-state index contributed by atoms with van der Waals surface area (Å²) >= 11 is 1.99. The van der Waals surface area contributed by atoms with Crippen molar-refractivity contribution in [2.45, 2.75) is 43.9 Å². The van der Waals surface area contributed by atoms with Crippen molar-refractivity contribution in [2.75, 3.05) is 13.6 Å². The number of rotatable bonds is 3. The van der Waals surface area contributed by atoms with Gasteiger partial charge in [0.1, 0.15) is 0 Å². The van der Waals surface area contributed by atoms with E-state index >= 15 is 0 Å². The van der Waals surface area contributed by atoms with Crippen molar-refractivity contribution in [2.24, 2.45) is 0 Å². The van der Waals surface area contributed by atoms with Gasteiger partial charge in [-0.3, -0.25) is 0 Å². The van der Waals surface area contributed by atoms with Gasteiger partial charge in [0.15, 0.2) is 0 Å². The first kappa shape index (κ1) is 13.5. The average molecular weight is 298 g/mol. The molecule has 0 amide bonds. The van der Waals surface area contributed by atoms with Crippen molar-refractivity contribution in [1.82, 2.24) is 10.3 Å². The predicted octanol–water partition coefficient (Wildman–Crippen LogP) is 3.66. The molecule has 1 unspecified atom stereocenters. The molecule has 1 aromatic heterocycles. The van der Waals surface area contributed by atoms with Gasteiger partial charge in [-0.2, -0.15) is 0 Å². The van der Waals surface area contributed by atoms with E-state index in [2.05, 4.69) is 36.6 Å². The monoisotopic (exact) mass is 298 g/mol. The smallest absolute Gasteiger partial charge is 0.0968 e. The van der Waals surface area contributed by atoms with Gasteiger partial charge in [0.2, 0.25) is 0 Å². The van der Waals surface area contributed by atoms with E-state index in [4.69, 9.17) is 4.98 Å². The third-order valence-electron chi connectivity index (χ3n) is 4.94. The van der Waals surface area contributed by atoms with E-state index in [1.807, 2.05) is 11.3 Å². The second-order valence-electron chi connectivity index (χ2n) is 6.38. The quantitative estimate of drug-likeness (QED) is 0.935. The summed E-state index contributed by atoms with van der Waals surface area (Å²) in [5.41, 5.74) is 4.47. The minimum atomic E-state index is 0.619.